The van der Waals surface area contributed by atoms with Crippen LogP contribution in [0.2, 0.25) is 0 Å². The van der Waals surface area contributed by atoms with Crippen LogP contribution in [0.5, 0.6) is 0 Å². The van der Waals surface area contributed by atoms with Crippen LogP contribution < -0.4 is 5.32 Å². The Morgan fingerprint density at radius 3 is 2.46 bits per heavy atom. The second-order valence-electron chi connectivity index (χ2n) is 6.30. The SMILES string of the molecule is O=S(=O)(c1ccc(NCc2nc3ccccc3n2C2CC2)cc1)C(F)F. The number of halogens is 2. The van der Waals surface area contributed by atoms with Gasteiger partial charge in [-0.3, -0.25) is 0 Å². The van der Waals surface area contributed by atoms with Gasteiger partial charge in [0.1, 0.15) is 5.82 Å². The lowest BCUT2D eigenvalue weighted by Gasteiger charge is -2.10. The van der Waals surface area contributed by atoms with Crippen molar-refractivity contribution in [1.29, 1.82) is 0 Å². The Morgan fingerprint density at radius 1 is 1.12 bits per heavy atom. The summed E-state index contributed by atoms with van der Waals surface area (Å²) in [7, 11) is -4.57. The van der Waals surface area contributed by atoms with Crippen molar-refractivity contribution in [2.75, 3.05) is 5.32 Å². The van der Waals surface area contributed by atoms with Crippen molar-refractivity contribution in [3.05, 3.63) is 54.4 Å². The van der Waals surface area contributed by atoms with Gasteiger partial charge < -0.3 is 9.88 Å². The van der Waals surface area contributed by atoms with E-state index in [1.54, 1.807) is 0 Å². The van der Waals surface area contributed by atoms with Crippen LogP contribution in [0.25, 0.3) is 11.0 Å². The van der Waals surface area contributed by atoms with Crippen LogP contribution in [0.3, 0.4) is 0 Å². The van der Waals surface area contributed by atoms with E-state index < -0.39 is 15.6 Å². The minimum absolute atomic E-state index is 0.386. The maximum atomic E-state index is 12.6. The largest absolute Gasteiger partial charge is 0.378 e. The zero-order chi connectivity index (χ0) is 18.3. The minimum atomic E-state index is -4.57. The molecule has 0 aliphatic heterocycles. The maximum absolute atomic E-state index is 12.6. The predicted octanol–water partition coefficient (Wildman–Crippen LogP) is 3.98. The first-order valence-electron chi connectivity index (χ1n) is 8.28. The van der Waals surface area contributed by atoms with Crippen molar-refractivity contribution in [3.8, 4) is 0 Å². The van der Waals surface area contributed by atoms with Crippen LogP contribution in [0.1, 0.15) is 24.7 Å². The fraction of sp³-hybridized carbons (Fsp3) is 0.278. The first kappa shape index (κ1) is 17.0. The van der Waals surface area contributed by atoms with Crippen molar-refractivity contribution in [1.82, 2.24) is 9.55 Å². The Bertz CT molecular complexity index is 1040. The van der Waals surface area contributed by atoms with Gasteiger partial charge in [0.25, 0.3) is 0 Å². The second kappa shape index (κ2) is 6.35. The molecule has 0 saturated heterocycles. The summed E-state index contributed by atoms with van der Waals surface area (Å²) < 4.78 is 50.3. The molecule has 1 aliphatic carbocycles. The van der Waals surface area contributed by atoms with Crippen LogP contribution in [-0.4, -0.2) is 23.7 Å². The summed E-state index contributed by atoms with van der Waals surface area (Å²) in [6, 6.07) is 13.8. The number of alkyl halides is 2. The molecule has 0 spiro atoms. The monoisotopic (exact) mass is 377 g/mol. The van der Waals surface area contributed by atoms with Gasteiger partial charge in [-0.05, 0) is 49.2 Å². The smallest absolute Gasteiger partial charge is 0.341 e. The molecule has 2 aromatic carbocycles. The Labute approximate surface area is 149 Å². The van der Waals surface area contributed by atoms with Gasteiger partial charge in [-0.25, -0.2) is 13.4 Å². The molecule has 1 heterocycles. The molecular weight excluding hydrogens is 360 g/mol. The van der Waals surface area contributed by atoms with Gasteiger partial charge in [0.2, 0.25) is 9.84 Å². The zero-order valence-corrected chi connectivity index (χ0v) is 14.6. The Hall–Kier alpha value is -2.48. The highest BCUT2D eigenvalue weighted by Crippen LogP contribution is 2.38. The van der Waals surface area contributed by atoms with E-state index in [9.17, 15) is 17.2 Å². The fourth-order valence-corrected chi connectivity index (χ4v) is 3.73. The highest BCUT2D eigenvalue weighted by Gasteiger charge is 2.28. The van der Waals surface area contributed by atoms with Gasteiger partial charge in [0.05, 0.1) is 22.5 Å². The topological polar surface area (TPSA) is 64.0 Å². The Morgan fingerprint density at radius 2 is 1.81 bits per heavy atom. The number of nitrogens with one attached hydrogen (secondary N) is 1. The van der Waals surface area contributed by atoms with Crippen molar-refractivity contribution in [2.24, 2.45) is 0 Å². The number of benzene rings is 2. The van der Waals surface area contributed by atoms with Gasteiger partial charge in [-0.1, -0.05) is 12.1 Å². The number of imidazole rings is 1. The van der Waals surface area contributed by atoms with E-state index in [1.807, 2.05) is 24.3 Å². The van der Waals surface area contributed by atoms with E-state index in [4.69, 9.17) is 0 Å². The third-order valence-electron chi connectivity index (χ3n) is 4.45. The maximum Gasteiger partial charge on any atom is 0.341 e. The fourth-order valence-electron chi connectivity index (χ4n) is 3.01. The summed E-state index contributed by atoms with van der Waals surface area (Å²) in [5.41, 5.74) is 2.69. The van der Waals surface area contributed by atoms with Crippen LogP contribution in [0, 0.1) is 0 Å². The van der Waals surface area contributed by atoms with Crippen molar-refractivity contribution >= 4 is 26.6 Å². The van der Waals surface area contributed by atoms with Gasteiger partial charge in [-0.2, -0.15) is 8.78 Å². The molecule has 26 heavy (non-hydrogen) atoms. The molecule has 0 atom stereocenters. The Balaban J connectivity index is 1.55. The molecule has 3 aromatic rings. The second-order valence-corrected chi connectivity index (χ2v) is 8.22. The third kappa shape index (κ3) is 3.05. The van der Waals surface area contributed by atoms with Crippen molar-refractivity contribution < 1.29 is 17.2 Å². The molecule has 1 aromatic heterocycles. The standard InChI is InChI=1S/C18H17F2N3O2S/c19-18(20)26(24,25)14-9-5-12(6-10-14)21-11-17-22-15-3-1-2-4-16(15)23(17)13-7-8-13/h1-6,9-10,13,18,21H,7-8,11H2. The van der Waals surface area contributed by atoms with E-state index >= 15 is 0 Å². The number of hydrogen-bond donors (Lipinski definition) is 1. The third-order valence-corrected chi connectivity index (χ3v) is 5.85. The summed E-state index contributed by atoms with van der Waals surface area (Å²) in [5.74, 6) is -2.52. The molecule has 0 unspecified atom stereocenters. The normalized spacial score (nSPS) is 14.9. The lowest BCUT2D eigenvalue weighted by Crippen LogP contribution is -2.11. The number of hydrogen-bond acceptors (Lipinski definition) is 4. The van der Waals surface area contributed by atoms with E-state index in [1.165, 1.54) is 24.3 Å². The lowest BCUT2D eigenvalue weighted by molar-refractivity contribution is 0.234. The van der Waals surface area contributed by atoms with Crippen LogP contribution in [0.15, 0.2) is 53.4 Å². The average Bonchev–Trinajstić information content (AvgIpc) is 3.40. The van der Waals surface area contributed by atoms with Crippen LogP contribution >= 0.6 is 0 Å². The van der Waals surface area contributed by atoms with E-state index in [0.717, 1.165) is 29.7 Å². The molecule has 5 nitrogen and oxygen atoms in total. The number of anilines is 1. The van der Waals surface area contributed by atoms with Gasteiger partial charge >= 0.3 is 5.76 Å². The van der Waals surface area contributed by atoms with Crippen molar-refractivity contribution in [3.63, 3.8) is 0 Å². The highest BCUT2D eigenvalue weighted by atomic mass is 32.2. The number of fused-ring (bicyclic) bond motifs is 1. The molecule has 0 amide bonds. The zero-order valence-electron chi connectivity index (χ0n) is 13.8. The summed E-state index contributed by atoms with van der Waals surface area (Å²) in [5, 5.41) is 3.19. The highest BCUT2D eigenvalue weighted by molar-refractivity contribution is 7.91. The summed E-state index contributed by atoms with van der Waals surface area (Å²) in [6.45, 7) is 0.464. The number of nitrogens with zero attached hydrogens (tertiary/aromatic N) is 2. The average molecular weight is 377 g/mol. The van der Waals surface area contributed by atoms with Gasteiger partial charge in [0, 0.05) is 11.7 Å². The molecule has 1 saturated carbocycles. The first-order chi connectivity index (χ1) is 12.5. The molecular formula is C18H17F2N3O2S. The number of aromatic nitrogens is 2. The summed E-state index contributed by atoms with van der Waals surface area (Å²) >= 11 is 0. The van der Waals surface area contributed by atoms with Gasteiger partial charge in [-0.15, -0.1) is 0 Å². The predicted molar refractivity (Wildman–Crippen MR) is 95.0 cm³/mol. The Kier molecular flexibility index (Phi) is 4.14. The van der Waals surface area contributed by atoms with Crippen molar-refractivity contribution in [2.45, 2.75) is 36.1 Å². The molecule has 0 bridgehead atoms. The molecule has 1 fully saturated rings. The van der Waals surface area contributed by atoms with E-state index in [0.29, 0.717) is 18.3 Å². The minimum Gasteiger partial charge on any atom is -0.378 e. The molecule has 1 N–H and O–H groups in total. The number of para-hydroxylation sites is 2. The van der Waals surface area contributed by atoms with Crippen LogP contribution in [0.4, 0.5) is 14.5 Å². The molecule has 0 radical (unpaired) electrons. The molecule has 8 heteroatoms. The van der Waals surface area contributed by atoms with E-state index in [-0.39, 0.29) is 4.90 Å². The quantitative estimate of drug-likeness (QED) is 0.706. The number of sulfone groups is 1. The van der Waals surface area contributed by atoms with Crippen LogP contribution in [-0.2, 0) is 16.4 Å². The molecule has 1 aliphatic rings. The van der Waals surface area contributed by atoms with Gasteiger partial charge in [0.15, 0.2) is 0 Å². The summed E-state index contributed by atoms with van der Waals surface area (Å²) in [4.78, 5) is 4.29. The van der Waals surface area contributed by atoms with E-state index in [2.05, 4.69) is 14.9 Å². The first-order valence-corrected chi connectivity index (χ1v) is 9.83. The summed E-state index contributed by atoms with van der Waals surface area (Å²) in [6.07, 6.45) is 2.26. The number of rotatable bonds is 6. The molecule has 4 rings (SSSR count). The molecule has 136 valence electrons. The lowest BCUT2D eigenvalue weighted by atomic mass is 10.3.